The summed E-state index contributed by atoms with van der Waals surface area (Å²) in [6.45, 7) is 9.68. The van der Waals surface area contributed by atoms with Gasteiger partial charge in [0.2, 0.25) is 0 Å². The smallest absolute Gasteiger partial charge is 0.462 e. The molecule has 103 heavy (non-hydrogen) atoms. The quantitative estimate of drug-likeness (QED) is 0.0222. The van der Waals surface area contributed by atoms with Crippen LogP contribution >= 0.6 is 15.6 Å². The van der Waals surface area contributed by atoms with E-state index < -0.39 is 97.5 Å². The number of carbonyl (C=O) groups excluding carboxylic acids is 4. The second-order valence-corrected chi connectivity index (χ2v) is 33.8. The molecule has 0 saturated heterocycles. The maximum atomic E-state index is 13.1. The van der Waals surface area contributed by atoms with Crippen LogP contribution in [0.4, 0.5) is 0 Å². The summed E-state index contributed by atoms with van der Waals surface area (Å²) in [4.78, 5) is 73.1. The zero-order valence-corrected chi connectivity index (χ0v) is 69.4. The van der Waals surface area contributed by atoms with Crippen LogP contribution in [-0.4, -0.2) is 96.7 Å². The van der Waals surface area contributed by atoms with Crippen molar-refractivity contribution < 1.29 is 80.2 Å². The maximum absolute atomic E-state index is 13.1. The summed E-state index contributed by atoms with van der Waals surface area (Å²) in [7, 11) is -9.92. The van der Waals surface area contributed by atoms with E-state index in [1.54, 1.807) is 0 Å². The molecule has 17 nitrogen and oxygen atoms in total. The van der Waals surface area contributed by atoms with Crippen molar-refractivity contribution in [2.45, 2.75) is 464 Å². The first-order valence-electron chi connectivity index (χ1n) is 43.5. The molecule has 0 aliphatic rings. The molecule has 0 aromatic heterocycles. The van der Waals surface area contributed by atoms with E-state index in [1.165, 1.54) is 263 Å². The molecular formula is C84H164O17P2. The van der Waals surface area contributed by atoms with E-state index in [0.29, 0.717) is 25.7 Å². The van der Waals surface area contributed by atoms with Gasteiger partial charge >= 0.3 is 39.5 Å². The van der Waals surface area contributed by atoms with E-state index >= 15 is 0 Å². The number of carbonyl (C=O) groups is 4. The minimum atomic E-state index is -4.96. The number of rotatable bonds is 83. The highest BCUT2D eigenvalue weighted by atomic mass is 31.2. The molecule has 0 bridgehead atoms. The summed E-state index contributed by atoms with van der Waals surface area (Å²) in [5, 5.41) is 10.7. The predicted octanol–water partition coefficient (Wildman–Crippen LogP) is 25.5. The van der Waals surface area contributed by atoms with Crippen LogP contribution < -0.4 is 0 Å². The molecule has 0 aromatic carbocycles. The van der Waals surface area contributed by atoms with E-state index in [-0.39, 0.29) is 25.7 Å². The predicted molar refractivity (Wildman–Crippen MR) is 423 cm³/mol. The van der Waals surface area contributed by atoms with Gasteiger partial charge in [-0.25, -0.2) is 9.13 Å². The molecule has 0 saturated carbocycles. The van der Waals surface area contributed by atoms with Gasteiger partial charge in [-0.3, -0.25) is 37.3 Å². The highest BCUT2D eigenvalue weighted by molar-refractivity contribution is 7.47. The third kappa shape index (κ3) is 76.6. The third-order valence-electron chi connectivity index (χ3n) is 20.1. The fourth-order valence-corrected chi connectivity index (χ4v) is 14.6. The van der Waals surface area contributed by atoms with Gasteiger partial charge in [-0.05, 0) is 37.5 Å². The van der Waals surface area contributed by atoms with Crippen molar-refractivity contribution in [2.24, 2.45) is 11.8 Å². The number of aliphatic hydroxyl groups excluding tert-OH is 1. The largest absolute Gasteiger partial charge is 0.472 e. The SMILES string of the molecule is CCCCCCCCCCCCCCCCCCCCCCCC(=O)O[C@H](COC(=O)CCCCCCCCCCCCCCCCCCC(C)C)COP(=O)(O)OC[C@@H](O)COP(=O)(O)OC[C@@H](COC(=O)CCCCCCCCCCCCC)OC(=O)CCCCCCCCCCC(C)CC. The molecule has 0 amide bonds. The molecule has 0 aliphatic heterocycles. The van der Waals surface area contributed by atoms with Crippen molar-refractivity contribution in [1.82, 2.24) is 0 Å². The van der Waals surface area contributed by atoms with Crippen LogP contribution in [-0.2, 0) is 65.4 Å². The Labute approximate surface area is 632 Å². The van der Waals surface area contributed by atoms with Crippen LogP contribution in [0, 0.1) is 11.8 Å². The number of esters is 4. The number of phosphoric ester groups is 2. The molecule has 0 aromatic rings. The molecule has 0 rings (SSSR count). The number of unbranched alkanes of at least 4 members (excludes halogenated alkanes) is 52. The van der Waals surface area contributed by atoms with Gasteiger partial charge in [-0.1, -0.05) is 395 Å². The molecule has 612 valence electrons. The first-order valence-corrected chi connectivity index (χ1v) is 46.5. The Hall–Kier alpha value is -1.94. The number of aliphatic hydroxyl groups is 1. The van der Waals surface area contributed by atoms with Crippen molar-refractivity contribution in [2.75, 3.05) is 39.6 Å². The van der Waals surface area contributed by atoms with Crippen molar-refractivity contribution in [3.8, 4) is 0 Å². The highest BCUT2D eigenvalue weighted by Gasteiger charge is 2.30. The summed E-state index contributed by atoms with van der Waals surface area (Å²) in [5.41, 5.74) is 0. The van der Waals surface area contributed by atoms with Gasteiger partial charge in [0.15, 0.2) is 12.2 Å². The van der Waals surface area contributed by atoms with Crippen LogP contribution in [0.5, 0.6) is 0 Å². The van der Waals surface area contributed by atoms with Gasteiger partial charge in [-0.2, -0.15) is 0 Å². The number of hydrogen-bond acceptors (Lipinski definition) is 15. The van der Waals surface area contributed by atoms with Crippen molar-refractivity contribution >= 4 is 39.5 Å². The third-order valence-corrected chi connectivity index (χ3v) is 22.0. The summed E-state index contributed by atoms with van der Waals surface area (Å²) in [5.74, 6) is -0.524. The fraction of sp³-hybridized carbons (Fsp3) is 0.952. The second-order valence-electron chi connectivity index (χ2n) is 30.9. The first-order chi connectivity index (χ1) is 49.9. The topological polar surface area (TPSA) is 237 Å². The molecular weight excluding hydrogens is 1340 g/mol. The minimum Gasteiger partial charge on any atom is -0.462 e. The minimum absolute atomic E-state index is 0.106. The number of ether oxygens (including phenoxy) is 4. The van der Waals surface area contributed by atoms with Gasteiger partial charge in [-0.15, -0.1) is 0 Å². The van der Waals surface area contributed by atoms with Gasteiger partial charge in [0.25, 0.3) is 0 Å². The molecule has 0 radical (unpaired) electrons. The van der Waals surface area contributed by atoms with Crippen molar-refractivity contribution in [1.29, 1.82) is 0 Å². The lowest BCUT2D eigenvalue weighted by atomic mass is 9.99. The lowest BCUT2D eigenvalue weighted by molar-refractivity contribution is -0.161. The second kappa shape index (κ2) is 75.5. The summed E-state index contributed by atoms with van der Waals surface area (Å²) in [6, 6.07) is 0. The molecule has 19 heteroatoms. The fourth-order valence-electron chi connectivity index (χ4n) is 13.0. The Morgan fingerprint density at radius 2 is 0.495 bits per heavy atom. The molecule has 6 atom stereocenters. The van der Waals surface area contributed by atoms with Gasteiger partial charge in [0, 0.05) is 25.7 Å². The molecule has 3 unspecified atom stereocenters. The van der Waals surface area contributed by atoms with Crippen LogP contribution in [0.25, 0.3) is 0 Å². The lowest BCUT2D eigenvalue weighted by Crippen LogP contribution is -2.30. The van der Waals surface area contributed by atoms with E-state index in [9.17, 15) is 43.2 Å². The normalized spacial score (nSPS) is 14.1. The molecule has 0 aliphatic carbocycles. The summed E-state index contributed by atoms with van der Waals surface area (Å²) in [6.07, 6.45) is 66.7. The molecule has 0 spiro atoms. The average Bonchev–Trinajstić information content (AvgIpc) is 0.931. The van der Waals surface area contributed by atoms with Crippen LogP contribution in [0.3, 0.4) is 0 Å². The molecule has 0 heterocycles. The van der Waals surface area contributed by atoms with Gasteiger partial charge in [0.05, 0.1) is 26.4 Å². The van der Waals surface area contributed by atoms with E-state index in [1.807, 2.05) is 0 Å². The van der Waals surface area contributed by atoms with Crippen molar-refractivity contribution in [3.63, 3.8) is 0 Å². The van der Waals surface area contributed by atoms with E-state index in [0.717, 1.165) is 102 Å². The average molecular weight is 1510 g/mol. The number of hydrogen-bond donors (Lipinski definition) is 3. The van der Waals surface area contributed by atoms with Crippen LogP contribution in [0.2, 0.25) is 0 Å². The van der Waals surface area contributed by atoms with Gasteiger partial charge in [0.1, 0.15) is 19.3 Å². The Bertz CT molecular complexity index is 1980. The Kier molecular flexibility index (Phi) is 74.1. The van der Waals surface area contributed by atoms with Gasteiger partial charge < -0.3 is 33.8 Å². The highest BCUT2D eigenvalue weighted by Crippen LogP contribution is 2.45. The number of phosphoric acid groups is 2. The molecule has 3 N–H and O–H groups in total. The monoisotopic (exact) mass is 1510 g/mol. The Balaban J connectivity index is 5.22. The first kappa shape index (κ1) is 101. The summed E-state index contributed by atoms with van der Waals surface area (Å²) < 4.78 is 68.8. The Morgan fingerprint density at radius 3 is 0.738 bits per heavy atom. The standard InChI is InChI=1S/C84H164O17P2/c1-7-10-12-14-16-18-20-21-22-23-24-25-26-27-32-35-39-43-50-56-62-68-83(88)100-79(72-95-82(87)67-61-55-49-42-38-34-31-29-28-30-33-37-40-46-52-58-64-76(4)5)74-98-102(90,91)96-70-78(85)71-97-103(92,93)99-75-80(73-94-81(86)66-60-54-48-41-36-19-17-15-13-11-8-2)101-84(89)69-63-57-51-45-44-47-53-59-65-77(6)9-3/h76-80,85H,7-75H2,1-6H3,(H,90,91)(H,92,93)/t77?,78-,79-,80-/m1/s1. The summed E-state index contributed by atoms with van der Waals surface area (Å²) >= 11 is 0. The Morgan fingerprint density at radius 1 is 0.282 bits per heavy atom. The maximum Gasteiger partial charge on any atom is 0.472 e. The zero-order valence-electron chi connectivity index (χ0n) is 67.6. The molecule has 0 fully saturated rings. The lowest BCUT2D eigenvalue weighted by Gasteiger charge is -2.21. The van der Waals surface area contributed by atoms with Crippen molar-refractivity contribution in [3.05, 3.63) is 0 Å². The van der Waals surface area contributed by atoms with E-state index in [2.05, 4.69) is 41.5 Å². The van der Waals surface area contributed by atoms with E-state index in [4.69, 9.17) is 37.0 Å². The van der Waals surface area contributed by atoms with Crippen LogP contribution in [0.1, 0.15) is 446 Å². The van der Waals surface area contributed by atoms with Crippen LogP contribution in [0.15, 0.2) is 0 Å². The zero-order chi connectivity index (χ0) is 75.6.